The first-order chi connectivity index (χ1) is 7.29. The third-order valence-electron chi connectivity index (χ3n) is 2.71. The molecule has 0 aliphatic carbocycles. The number of nitrogens with zero attached hydrogens (tertiary/aromatic N) is 1. The van der Waals surface area contributed by atoms with Gasteiger partial charge in [0.2, 0.25) is 0 Å². The van der Waals surface area contributed by atoms with E-state index in [1.54, 1.807) is 0 Å². The molecule has 1 aliphatic rings. The second-order valence-corrected chi connectivity index (χ2v) is 11.3. The normalized spacial score (nSPS) is 21.4. The van der Waals surface area contributed by atoms with Gasteiger partial charge in [-0.1, -0.05) is 19.6 Å². The Labute approximate surface area is 98.0 Å². The summed E-state index contributed by atoms with van der Waals surface area (Å²) in [7, 11) is -1.16. The second-order valence-electron chi connectivity index (χ2n) is 5.64. The average molecular weight is 243 g/mol. The van der Waals surface area contributed by atoms with Crippen LogP contribution in [0.4, 0.5) is 4.79 Å². The Morgan fingerprint density at radius 2 is 2.12 bits per heavy atom. The molecule has 1 heterocycles. The number of likely N-dealkylation sites (tertiary alicyclic amines) is 1. The van der Waals surface area contributed by atoms with E-state index in [2.05, 4.69) is 19.6 Å². The molecule has 1 saturated heterocycles. The van der Waals surface area contributed by atoms with Gasteiger partial charge in [0.05, 0.1) is 13.2 Å². The van der Waals surface area contributed by atoms with Crippen LogP contribution >= 0.6 is 0 Å². The highest BCUT2D eigenvalue weighted by Gasteiger charge is 2.31. The third kappa shape index (κ3) is 3.96. The van der Waals surface area contributed by atoms with Crippen LogP contribution in [0.15, 0.2) is 0 Å². The summed E-state index contributed by atoms with van der Waals surface area (Å²) >= 11 is 0. The van der Waals surface area contributed by atoms with Crippen molar-refractivity contribution in [2.75, 3.05) is 13.2 Å². The molecule has 1 rings (SSSR count). The first-order valence-corrected chi connectivity index (χ1v) is 9.45. The topological polar surface area (TPSA) is 46.6 Å². The number of amides is 1. The Morgan fingerprint density at radius 3 is 2.56 bits per heavy atom. The van der Waals surface area contributed by atoms with Crippen LogP contribution in [0, 0.1) is 0 Å². The van der Waals surface area contributed by atoms with E-state index in [-0.39, 0.29) is 24.5 Å². The molecule has 1 atom stereocenters. The molecule has 1 amide bonds. The fourth-order valence-corrected chi connectivity index (χ4v) is 2.34. The standard InChI is InChI=1S/C11H21NO3Si/c1-9-7-10(13)8-12(9)11(14)15-5-6-16(2,3)4/h9H,5-8H2,1-4H3. The minimum atomic E-state index is -1.16. The van der Waals surface area contributed by atoms with Gasteiger partial charge < -0.3 is 4.74 Å². The smallest absolute Gasteiger partial charge is 0.410 e. The zero-order valence-corrected chi connectivity index (χ0v) is 11.6. The van der Waals surface area contributed by atoms with Gasteiger partial charge in [0, 0.05) is 20.5 Å². The molecular weight excluding hydrogens is 222 g/mol. The van der Waals surface area contributed by atoms with E-state index in [0.717, 1.165) is 6.04 Å². The van der Waals surface area contributed by atoms with E-state index in [9.17, 15) is 9.59 Å². The van der Waals surface area contributed by atoms with Crippen molar-refractivity contribution in [3.8, 4) is 0 Å². The highest BCUT2D eigenvalue weighted by Crippen LogP contribution is 2.15. The summed E-state index contributed by atoms with van der Waals surface area (Å²) in [6.07, 6.45) is 0.125. The van der Waals surface area contributed by atoms with Crippen LogP contribution in [0.5, 0.6) is 0 Å². The lowest BCUT2D eigenvalue weighted by Gasteiger charge is -2.21. The Bertz CT molecular complexity index is 285. The van der Waals surface area contributed by atoms with Gasteiger partial charge in [-0.15, -0.1) is 0 Å². The zero-order valence-electron chi connectivity index (χ0n) is 10.6. The Kier molecular flexibility index (Phi) is 4.13. The number of ketones is 1. The molecule has 0 spiro atoms. The summed E-state index contributed by atoms with van der Waals surface area (Å²) in [4.78, 5) is 24.3. The SMILES string of the molecule is CC1CC(=O)CN1C(=O)OCC[Si](C)(C)C. The van der Waals surface area contributed by atoms with Crippen LogP contribution in [-0.2, 0) is 9.53 Å². The number of hydrogen-bond donors (Lipinski definition) is 0. The van der Waals surface area contributed by atoms with Crippen LogP contribution in [0.2, 0.25) is 25.7 Å². The van der Waals surface area contributed by atoms with Gasteiger partial charge in [0.25, 0.3) is 0 Å². The molecule has 5 heteroatoms. The van der Waals surface area contributed by atoms with E-state index in [1.165, 1.54) is 4.90 Å². The molecule has 0 radical (unpaired) electrons. The maximum absolute atomic E-state index is 11.7. The summed E-state index contributed by atoms with van der Waals surface area (Å²) in [5, 5.41) is 0. The van der Waals surface area contributed by atoms with Crippen LogP contribution < -0.4 is 0 Å². The van der Waals surface area contributed by atoms with Crippen molar-refractivity contribution in [1.82, 2.24) is 4.90 Å². The van der Waals surface area contributed by atoms with Crippen molar-refractivity contribution < 1.29 is 14.3 Å². The summed E-state index contributed by atoms with van der Waals surface area (Å²) < 4.78 is 5.19. The summed E-state index contributed by atoms with van der Waals surface area (Å²) in [6.45, 7) is 9.29. The van der Waals surface area contributed by atoms with Crippen LogP contribution in [0.1, 0.15) is 13.3 Å². The van der Waals surface area contributed by atoms with Gasteiger partial charge in [-0.3, -0.25) is 9.69 Å². The first kappa shape index (κ1) is 13.2. The largest absolute Gasteiger partial charge is 0.450 e. The highest BCUT2D eigenvalue weighted by atomic mass is 28.3. The van der Waals surface area contributed by atoms with Crippen LogP contribution in [-0.4, -0.2) is 44.0 Å². The molecule has 0 aromatic heterocycles. The monoisotopic (exact) mass is 243 g/mol. The van der Waals surface area contributed by atoms with Gasteiger partial charge in [0.1, 0.15) is 0 Å². The van der Waals surface area contributed by atoms with E-state index in [0.29, 0.717) is 13.0 Å². The van der Waals surface area contributed by atoms with E-state index < -0.39 is 8.07 Å². The third-order valence-corrected chi connectivity index (χ3v) is 4.42. The molecule has 4 nitrogen and oxygen atoms in total. The molecule has 1 fully saturated rings. The molecule has 0 aromatic carbocycles. The van der Waals surface area contributed by atoms with E-state index in [1.807, 2.05) is 6.92 Å². The van der Waals surface area contributed by atoms with Crippen molar-refractivity contribution >= 4 is 20.0 Å². The van der Waals surface area contributed by atoms with E-state index >= 15 is 0 Å². The lowest BCUT2D eigenvalue weighted by molar-refractivity contribution is -0.116. The van der Waals surface area contributed by atoms with Gasteiger partial charge in [-0.05, 0) is 13.0 Å². The van der Waals surface area contributed by atoms with Crippen molar-refractivity contribution in [2.45, 2.75) is 45.1 Å². The van der Waals surface area contributed by atoms with Crippen LogP contribution in [0.25, 0.3) is 0 Å². The average Bonchev–Trinajstić information content (AvgIpc) is 2.43. The molecule has 0 aromatic rings. The minimum Gasteiger partial charge on any atom is -0.450 e. The molecule has 0 N–H and O–H groups in total. The maximum atomic E-state index is 11.7. The Balaban J connectivity index is 2.33. The number of Topliss-reactive ketones (excluding diaryl/α,β-unsaturated/α-hetero) is 1. The van der Waals surface area contributed by atoms with Crippen LogP contribution in [0.3, 0.4) is 0 Å². The predicted molar refractivity (Wildman–Crippen MR) is 65.3 cm³/mol. The summed E-state index contributed by atoms with van der Waals surface area (Å²) in [6, 6.07) is 0.960. The maximum Gasteiger partial charge on any atom is 0.410 e. The number of rotatable bonds is 3. The highest BCUT2D eigenvalue weighted by molar-refractivity contribution is 6.76. The molecule has 1 aliphatic heterocycles. The molecule has 1 unspecified atom stereocenters. The fourth-order valence-electron chi connectivity index (χ4n) is 1.62. The minimum absolute atomic E-state index is 0.00752. The van der Waals surface area contributed by atoms with Gasteiger partial charge in [0.15, 0.2) is 5.78 Å². The van der Waals surface area contributed by atoms with Crippen molar-refractivity contribution in [3.63, 3.8) is 0 Å². The Morgan fingerprint density at radius 1 is 1.50 bits per heavy atom. The Hall–Kier alpha value is -0.843. The predicted octanol–water partition coefficient (Wildman–Crippen LogP) is 2.12. The molecular formula is C11H21NO3Si. The van der Waals surface area contributed by atoms with Crippen molar-refractivity contribution in [1.29, 1.82) is 0 Å². The zero-order chi connectivity index (χ0) is 12.3. The van der Waals surface area contributed by atoms with Gasteiger partial charge in [-0.25, -0.2) is 4.79 Å². The molecule has 0 saturated carbocycles. The molecule has 0 bridgehead atoms. The van der Waals surface area contributed by atoms with E-state index in [4.69, 9.17) is 4.74 Å². The fraction of sp³-hybridized carbons (Fsp3) is 0.818. The summed E-state index contributed by atoms with van der Waals surface area (Å²) in [5.41, 5.74) is 0. The lowest BCUT2D eigenvalue weighted by atomic mass is 10.2. The molecule has 92 valence electrons. The van der Waals surface area contributed by atoms with Crippen molar-refractivity contribution in [3.05, 3.63) is 0 Å². The van der Waals surface area contributed by atoms with Gasteiger partial charge >= 0.3 is 6.09 Å². The number of ether oxygens (including phenoxy) is 1. The second kappa shape index (κ2) is 4.99. The number of carbonyl (C=O) groups is 2. The lowest BCUT2D eigenvalue weighted by Crippen LogP contribution is -2.35. The number of carbonyl (C=O) groups excluding carboxylic acids is 2. The van der Waals surface area contributed by atoms with Crippen molar-refractivity contribution in [2.24, 2.45) is 0 Å². The molecule has 16 heavy (non-hydrogen) atoms. The first-order valence-electron chi connectivity index (χ1n) is 5.75. The quantitative estimate of drug-likeness (QED) is 0.713. The summed E-state index contributed by atoms with van der Waals surface area (Å²) in [5.74, 6) is 0.120. The van der Waals surface area contributed by atoms with Gasteiger partial charge in [-0.2, -0.15) is 0 Å². The number of hydrogen-bond acceptors (Lipinski definition) is 3.